The Morgan fingerprint density at radius 2 is 2.03 bits per heavy atom. The lowest BCUT2D eigenvalue weighted by molar-refractivity contribution is -0.145. The van der Waals surface area contributed by atoms with Crippen LogP contribution in [-0.2, 0) is 20.9 Å². The van der Waals surface area contributed by atoms with Gasteiger partial charge in [0.1, 0.15) is 24.5 Å². The summed E-state index contributed by atoms with van der Waals surface area (Å²) in [5, 5.41) is 10.5. The Bertz CT molecular complexity index is 1310. The summed E-state index contributed by atoms with van der Waals surface area (Å²) in [5.41, 5.74) is 0.365. The number of nitrogens with one attached hydrogen (secondary N) is 2. The maximum absolute atomic E-state index is 12.7. The molecule has 2 saturated heterocycles. The third kappa shape index (κ3) is 6.76. The van der Waals surface area contributed by atoms with Crippen LogP contribution in [0.25, 0.3) is 0 Å². The number of aromatic nitrogens is 4. The number of ether oxygens (including phenoxy) is 3. The first-order valence-electron chi connectivity index (χ1n) is 12.6. The Morgan fingerprint density at radius 3 is 2.79 bits per heavy atom. The Balaban J connectivity index is 1.04. The topological polar surface area (TPSA) is 133 Å². The van der Waals surface area contributed by atoms with Crippen molar-refractivity contribution in [3.8, 4) is 11.6 Å². The van der Waals surface area contributed by atoms with Gasteiger partial charge in [0.15, 0.2) is 0 Å². The van der Waals surface area contributed by atoms with E-state index in [1.54, 1.807) is 42.5 Å². The number of hydrogen-bond acceptors (Lipinski definition) is 9. The van der Waals surface area contributed by atoms with Crippen molar-refractivity contribution in [2.75, 3.05) is 44.0 Å². The molecule has 1 aromatic carbocycles. The number of benzene rings is 1. The van der Waals surface area contributed by atoms with Gasteiger partial charge in [0, 0.05) is 55.5 Å². The molecule has 2 aromatic heterocycles. The molecule has 2 N–H and O–H groups in total. The fourth-order valence-corrected chi connectivity index (χ4v) is 4.60. The highest BCUT2D eigenvalue weighted by Crippen LogP contribution is 2.31. The third-order valence-electron chi connectivity index (χ3n) is 6.49. The number of hydrogen-bond donors (Lipinski definition) is 2. The summed E-state index contributed by atoms with van der Waals surface area (Å²) < 4.78 is 18.8. The van der Waals surface area contributed by atoms with E-state index in [4.69, 9.17) is 25.8 Å². The molecule has 1 unspecified atom stereocenters. The van der Waals surface area contributed by atoms with Gasteiger partial charge in [0.2, 0.25) is 17.7 Å². The van der Waals surface area contributed by atoms with E-state index in [1.165, 1.54) is 10.9 Å². The van der Waals surface area contributed by atoms with Gasteiger partial charge in [-0.1, -0.05) is 18.5 Å². The van der Waals surface area contributed by atoms with Gasteiger partial charge in [-0.05, 0) is 24.3 Å². The molecule has 2 fully saturated rings. The number of anilines is 2. The first-order valence-corrected chi connectivity index (χ1v) is 12.9. The minimum absolute atomic E-state index is 0.0507. The normalized spacial score (nSPS) is 19.7. The molecule has 12 nitrogen and oxygen atoms in total. The second kappa shape index (κ2) is 11.5. The number of nitrogens with zero attached hydrogens (tertiary/aromatic N) is 5. The molecule has 0 aliphatic carbocycles. The van der Waals surface area contributed by atoms with Gasteiger partial charge in [-0.25, -0.2) is 4.98 Å². The first-order chi connectivity index (χ1) is 18.8. The fourth-order valence-electron chi connectivity index (χ4n) is 4.47. The zero-order chi connectivity index (χ0) is 27.4. The van der Waals surface area contributed by atoms with E-state index in [2.05, 4.69) is 32.6 Å². The number of rotatable bonds is 10. The molecule has 2 aliphatic rings. The van der Waals surface area contributed by atoms with Crippen LogP contribution in [0, 0.1) is 5.41 Å². The van der Waals surface area contributed by atoms with Crippen molar-refractivity contribution >= 4 is 35.1 Å². The molecule has 4 heterocycles. The highest BCUT2D eigenvalue weighted by Gasteiger charge is 2.42. The molecule has 5 rings (SSSR count). The van der Waals surface area contributed by atoms with Crippen LogP contribution in [0.2, 0.25) is 5.02 Å². The molecule has 3 aromatic rings. The van der Waals surface area contributed by atoms with Gasteiger partial charge < -0.3 is 29.7 Å². The molecular formula is C26H30ClN7O5. The average molecular weight is 556 g/mol. The van der Waals surface area contributed by atoms with Gasteiger partial charge in [-0.15, -0.1) is 0 Å². The van der Waals surface area contributed by atoms with Crippen LogP contribution in [0.3, 0.4) is 0 Å². The van der Waals surface area contributed by atoms with Gasteiger partial charge in [0.05, 0.1) is 25.1 Å². The van der Waals surface area contributed by atoms with E-state index in [0.717, 1.165) is 5.75 Å². The van der Waals surface area contributed by atoms with Crippen LogP contribution >= 0.6 is 11.6 Å². The van der Waals surface area contributed by atoms with E-state index < -0.39 is 6.10 Å². The summed E-state index contributed by atoms with van der Waals surface area (Å²) in [5.74, 6) is 1.25. The van der Waals surface area contributed by atoms with Crippen molar-refractivity contribution < 1.29 is 23.8 Å². The van der Waals surface area contributed by atoms with E-state index >= 15 is 0 Å². The van der Waals surface area contributed by atoms with Crippen molar-refractivity contribution in [1.82, 2.24) is 24.6 Å². The van der Waals surface area contributed by atoms with E-state index in [-0.39, 0.29) is 36.5 Å². The smallest absolute Gasteiger partial charge is 0.253 e. The summed E-state index contributed by atoms with van der Waals surface area (Å²) in [6, 6.07) is 8.87. The molecule has 206 valence electrons. The predicted octanol–water partition coefficient (Wildman–Crippen LogP) is 2.47. The van der Waals surface area contributed by atoms with Crippen molar-refractivity contribution in [2.24, 2.45) is 5.41 Å². The van der Waals surface area contributed by atoms with E-state index in [9.17, 15) is 9.59 Å². The fraction of sp³-hybridized carbons (Fsp3) is 0.423. The molecule has 39 heavy (non-hydrogen) atoms. The highest BCUT2D eigenvalue weighted by atomic mass is 35.5. The van der Waals surface area contributed by atoms with Gasteiger partial charge in [0.25, 0.3) is 5.91 Å². The molecule has 2 atom stereocenters. The zero-order valence-corrected chi connectivity index (χ0v) is 22.4. The number of amides is 2. The highest BCUT2D eigenvalue weighted by molar-refractivity contribution is 6.30. The lowest BCUT2D eigenvalue weighted by atomic mass is 9.83. The van der Waals surface area contributed by atoms with Crippen molar-refractivity contribution in [1.29, 1.82) is 0 Å². The third-order valence-corrected chi connectivity index (χ3v) is 6.74. The monoisotopic (exact) mass is 555 g/mol. The maximum atomic E-state index is 12.7. The number of carbonyl (C=O) groups is 2. The molecule has 2 amide bonds. The van der Waals surface area contributed by atoms with Gasteiger partial charge in [-0.3, -0.25) is 14.3 Å². The Kier molecular flexibility index (Phi) is 7.84. The van der Waals surface area contributed by atoms with Crippen molar-refractivity contribution in [3.05, 3.63) is 53.9 Å². The first kappa shape index (κ1) is 26.7. The SMILES string of the molecule is CNc1nccc(O[C@@H]2COC(C(=O)Nc3cnn(CC(=O)N4CC(C)(COc5ccc(Cl)cc5)C4)c3)C2)n1. The number of likely N-dealkylation sites (tertiary alicyclic amines) is 1. The number of carbonyl (C=O) groups excluding carboxylic acids is 2. The predicted molar refractivity (Wildman–Crippen MR) is 143 cm³/mol. The van der Waals surface area contributed by atoms with Crippen LogP contribution in [0.1, 0.15) is 13.3 Å². The summed E-state index contributed by atoms with van der Waals surface area (Å²) in [4.78, 5) is 35.5. The minimum atomic E-state index is -0.667. The van der Waals surface area contributed by atoms with Crippen molar-refractivity contribution in [2.45, 2.75) is 32.1 Å². The average Bonchev–Trinajstić information content (AvgIpc) is 3.56. The van der Waals surface area contributed by atoms with Crippen LogP contribution < -0.4 is 20.1 Å². The second-order valence-corrected chi connectivity index (χ2v) is 10.4. The number of halogens is 1. The lowest BCUT2D eigenvalue weighted by Gasteiger charge is -2.47. The summed E-state index contributed by atoms with van der Waals surface area (Å²) in [7, 11) is 1.72. The standard InChI is InChI=1S/C26H30ClN7O5/c1-26(16-38-19-5-3-17(27)4-6-19)14-33(15-26)23(35)12-34-11-18(10-30-34)31-24(36)21-9-20(13-37-21)39-22-7-8-29-25(28-2)32-22/h3-8,10-11,20-21H,9,12-16H2,1-2H3,(H,31,36)(H,28,29,32)/t20-,21?/m0/s1. The van der Waals surface area contributed by atoms with Gasteiger partial charge >= 0.3 is 0 Å². The zero-order valence-electron chi connectivity index (χ0n) is 21.7. The molecule has 0 bridgehead atoms. The Hall–Kier alpha value is -3.90. The summed E-state index contributed by atoms with van der Waals surface area (Å²) in [6.45, 7) is 4.12. The summed E-state index contributed by atoms with van der Waals surface area (Å²) in [6.07, 6.45) is 4.14. The Labute approximate surface area is 230 Å². The second-order valence-electron chi connectivity index (χ2n) is 9.98. The lowest BCUT2D eigenvalue weighted by Crippen LogP contribution is -2.60. The molecular weight excluding hydrogens is 526 g/mol. The van der Waals surface area contributed by atoms with Gasteiger partial charge in [-0.2, -0.15) is 10.1 Å². The largest absolute Gasteiger partial charge is 0.493 e. The maximum Gasteiger partial charge on any atom is 0.253 e. The van der Waals surface area contributed by atoms with E-state index in [0.29, 0.717) is 48.7 Å². The molecule has 0 spiro atoms. The van der Waals surface area contributed by atoms with Crippen LogP contribution in [-0.4, -0.2) is 82.0 Å². The van der Waals surface area contributed by atoms with Crippen LogP contribution in [0.15, 0.2) is 48.9 Å². The van der Waals surface area contributed by atoms with Crippen molar-refractivity contribution in [3.63, 3.8) is 0 Å². The Morgan fingerprint density at radius 1 is 1.23 bits per heavy atom. The minimum Gasteiger partial charge on any atom is -0.493 e. The van der Waals surface area contributed by atoms with E-state index in [1.807, 2.05) is 12.1 Å². The summed E-state index contributed by atoms with van der Waals surface area (Å²) >= 11 is 5.91. The molecule has 13 heteroatoms. The van der Waals surface area contributed by atoms with Crippen LogP contribution in [0.4, 0.5) is 11.6 Å². The van der Waals surface area contributed by atoms with Crippen LogP contribution in [0.5, 0.6) is 11.6 Å². The molecule has 0 saturated carbocycles. The quantitative estimate of drug-likeness (QED) is 0.387. The molecule has 0 radical (unpaired) electrons. The molecule has 2 aliphatic heterocycles.